The first kappa shape index (κ1) is 17.0. The Morgan fingerprint density at radius 1 is 1.43 bits per heavy atom. The van der Waals surface area contributed by atoms with Gasteiger partial charge >= 0.3 is 0 Å². The Hall–Kier alpha value is -0.400. The predicted octanol–water partition coefficient (Wildman–Crippen LogP) is -1.04. The second-order valence-electron chi connectivity index (χ2n) is 4.57. The molecule has 0 aliphatic carbocycles. The standard InChI is InChI=1S/C11H16IN3O5S/c1-15-10(19)5(12)8(14-11(15)21-2)13-9-7(18)6(17)4(16)3-20-9/h4,6-7,9,13,16-18H,3H2,1-2H3/t4-,6-,7-,9-/m1/s1. The first-order valence-corrected chi connectivity index (χ1v) is 8.40. The fourth-order valence-corrected chi connectivity index (χ4v) is 3.08. The lowest BCUT2D eigenvalue weighted by atomic mass is 10.0. The Morgan fingerprint density at radius 3 is 2.71 bits per heavy atom. The number of nitrogens with one attached hydrogen (secondary N) is 1. The highest BCUT2D eigenvalue weighted by molar-refractivity contribution is 14.1. The average Bonchev–Trinajstić information content (AvgIpc) is 2.48. The molecule has 4 atom stereocenters. The molecule has 10 heteroatoms. The number of hydrogen-bond acceptors (Lipinski definition) is 8. The SMILES string of the molecule is CSc1nc(N[C@@H]2OC[C@@H](O)[C@@H](O)[C@H]2O)c(I)c(=O)n1C. The van der Waals surface area contributed by atoms with Crippen LogP contribution < -0.4 is 10.9 Å². The molecule has 2 heterocycles. The second-order valence-corrected chi connectivity index (χ2v) is 6.42. The van der Waals surface area contributed by atoms with Gasteiger partial charge < -0.3 is 25.4 Å². The molecule has 118 valence electrons. The van der Waals surface area contributed by atoms with Crippen LogP contribution in [0.5, 0.6) is 0 Å². The molecular formula is C11H16IN3O5S. The number of nitrogens with zero attached hydrogens (tertiary/aromatic N) is 2. The smallest absolute Gasteiger partial charge is 0.269 e. The van der Waals surface area contributed by atoms with Gasteiger partial charge in [-0.25, -0.2) is 4.98 Å². The third-order valence-corrected chi connectivity index (χ3v) is 4.86. The van der Waals surface area contributed by atoms with E-state index in [9.17, 15) is 20.1 Å². The quantitative estimate of drug-likeness (QED) is 0.274. The summed E-state index contributed by atoms with van der Waals surface area (Å²) in [6.45, 7) is -0.118. The monoisotopic (exact) mass is 429 g/mol. The number of aliphatic hydroxyl groups excluding tert-OH is 3. The third kappa shape index (κ3) is 3.35. The van der Waals surface area contributed by atoms with Crippen molar-refractivity contribution in [2.45, 2.75) is 29.7 Å². The lowest BCUT2D eigenvalue weighted by Gasteiger charge is -2.35. The maximum atomic E-state index is 12.1. The minimum absolute atomic E-state index is 0.118. The van der Waals surface area contributed by atoms with Crippen LogP contribution in [-0.4, -0.2) is 62.3 Å². The molecule has 0 bridgehead atoms. The molecular weight excluding hydrogens is 413 g/mol. The number of halogens is 1. The summed E-state index contributed by atoms with van der Waals surface area (Å²) in [5.41, 5.74) is -0.219. The van der Waals surface area contributed by atoms with E-state index in [1.165, 1.54) is 16.3 Å². The average molecular weight is 429 g/mol. The zero-order valence-electron chi connectivity index (χ0n) is 11.4. The summed E-state index contributed by atoms with van der Waals surface area (Å²) >= 11 is 3.17. The van der Waals surface area contributed by atoms with Crippen LogP contribution in [0.1, 0.15) is 0 Å². The minimum atomic E-state index is -1.33. The van der Waals surface area contributed by atoms with Gasteiger partial charge in [0.25, 0.3) is 5.56 Å². The summed E-state index contributed by atoms with van der Waals surface area (Å²) in [5, 5.41) is 32.3. The van der Waals surface area contributed by atoms with Crippen LogP contribution in [0.2, 0.25) is 0 Å². The number of aromatic nitrogens is 2. The van der Waals surface area contributed by atoms with Crippen LogP contribution in [-0.2, 0) is 11.8 Å². The molecule has 2 rings (SSSR count). The van der Waals surface area contributed by atoms with Gasteiger partial charge in [0.1, 0.15) is 27.7 Å². The van der Waals surface area contributed by atoms with E-state index in [4.69, 9.17) is 4.74 Å². The molecule has 8 nitrogen and oxygen atoms in total. The fourth-order valence-electron chi connectivity index (χ4n) is 1.90. The van der Waals surface area contributed by atoms with E-state index in [1.54, 1.807) is 13.3 Å². The predicted molar refractivity (Wildman–Crippen MR) is 85.4 cm³/mol. The highest BCUT2D eigenvalue weighted by Gasteiger charge is 2.38. The van der Waals surface area contributed by atoms with Gasteiger partial charge in [0.05, 0.1) is 6.61 Å². The van der Waals surface area contributed by atoms with Crippen molar-refractivity contribution in [3.8, 4) is 0 Å². The van der Waals surface area contributed by atoms with E-state index < -0.39 is 24.5 Å². The van der Waals surface area contributed by atoms with E-state index in [2.05, 4.69) is 10.3 Å². The number of anilines is 1. The Labute approximate surface area is 138 Å². The zero-order chi connectivity index (χ0) is 15.7. The second kappa shape index (κ2) is 6.79. The van der Waals surface area contributed by atoms with Crippen LogP contribution in [0.25, 0.3) is 0 Å². The summed E-state index contributed by atoms with van der Waals surface area (Å²) in [5.74, 6) is 0.274. The summed E-state index contributed by atoms with van der Waals surface area (Å²) < 4.78 is 7.02. The summed E-state index contributed by atoms with van der Waals surface area (Å²) in [6.07, 6.45) is -2.94. The normalized spacial score (nSPS) is 29.4. The van der Waals surface area contributed by atoms with Crippen LogP contribution in [0, 0.1) is 3.57 Å². The maximum Gasteiger partial charge on any atom is 0.269 e. The molecule has 1 aliphatic heterocycles. The van der Waals surface area contributed by atoms with Crippen LogP contribution in [0.15, 0.2) is 9.95 Å². The Bertz CT molecular complexity index is 584. The first-order valence-electron chi connectivity index (χ1n) is 6.09. The number of rotatable bonds is 3. The lowest BCUT2D eigenvalue weighted by molar-refractivity contribution is -0.178. The summed E-state index contributed by atoms with van der Waals surface area (Å²) in [4.78, 5) is 16.4. The molecule has 1 aliphatic rings. The Balaban J connectivity index is 2.28. The molecule has 1 aromatic heterocycles. The van der Waals surface area contributed by atoms with Gasteiger partial charge in [-0.3, -0.25) is 9.36 Å². The molecule has 1 fully saturated rings. The summed E-state index contributed by atoms with van der Waals surface area (Å²) in [6, 6.07) is 0. The van der Waals surface area contributed by atoms with E-state index in [1.807, 2.05) is 22.6 Å². The van der Waals surface area contributed by atoms with Gasteiger partial charge in [0, 0.05) is 7.05 Å². The van der Waals surface area contributed by atoms with Crippen molar-refractivity contribution in [1.82, 2.24) is 9.55 Å². The molecule has 0 amide bonds. The Kier molecular flexibility index (Phi) is 5.48. The highest BCUT2D eigenvalue weighted by Crippen LogP contribution is 2.21. The lowest BCUT2D eigenvalue weighted by Crippen LogP contribution is -2.55. The molecule has 1 saturated heterocycles. The van der Waals surface area contributed by atoms with Gasteiger partial charge in [-0.05, 0) is 28.8 Å². The van der Waals surface area contributed by atoms with E-state index in [0.29, 0.717) is 8.73 Å². The molecule has 0 aromatic carbocycles. The number of thioether (sulfide) groups is 1. The molecule has 0 radical (unpaired) electrons. The van der Waals surface area contributed by atoms with Gasteiger partial charge in [0.2, 0.25) is 0 Å². The van der Waals surface area contributed by atoms with Crippen molar-refractivity contribution in [3.05, 3.63) is 13.9 Å². The van der Waals surface area contributed by atoms with Crippen molar-refractivity contribution >= 4 is 40.2 Å². The Morgan fingerprint density at radius 2 is 2.10 bits per heavy atom. The van der Waals surface area contributed by atoms with Crippen LogP contribution >= 0.6 is 34.4 Å². The molecule has 4 N–H and O–H groups in total. The van der Waals surface area contributed by atoms with Crippen molar-refractivity contribution in [3.63, 3.8) is 0 Å². The topological polar surface area (TPSA) is 117 Å². The molecule has 1 aromatic rings. The number of aliphatic hydroxyl groups is 3. The molecule has 0 saturated carbocycles. The highest BCUT2D eigenvalue weighted by atomic mass is 127. The van der Waals surface area contributed by atoms with Gasteiger partial charge in [-0.1, -0.05) is 11.8 Å². The van der Waals surface area contributed by atoms with E-state index in [0.717, 1.165) is 0 Å². The minimum Gasteiger partial charge on any atom is -0.388 e. The van der Waals surface area contributed by atoms with Crippen molar-refractivity contribution in [2.24, 2.45) is 7.05 Å². The largest absolute Gasteiger partial charge is 0.388 e. The molecule has 0 unspecified atom stereocenters. The van der Waals surface area contributed by atoms with E-state index >= 15 is 0 Å². The van der Waals surface area contributed by atoms with Gasteiger partial charge in [-0.2, -0.15) is 0 Å². The molecule has 0 spiro atoms. The van der Waals surface area contributed by atoms with Crippen LogP contribution in [0.4, 0.5) is 5.82 Å². The third-order valence-electron chi connectivity index (χ3n) is 3.16. The van der Waals surface area contributed by atoms with Gasteiger partial charge in [-0.15, -0.1) is 0 Å². The number of ether oxygens (including phenoxy) is 1. The van der Waals surface area contributed by atoms with Crippen molar-refractivity contribution < 1.29 is 20.1 Å². The van der Waals surface area contributed by atoms with Crippen molar-refractivity contribution in [2.75, 3.05) is 18.2 Å². The van der Waals surface area contributed by atoms with Gasteiger partial charge in [0.15, 0.2) is 11.4 Å². The molecule has 21 heavy (non-hydrogen) atoms. The summed E-state index contributed by atoms with van der Waals surface area (Å²) in [7, 11) is 1.62. The first-order chi connectivity index (χ1) is 9.86. The van der Waals surface area contributed by atoms with Crippen LogP contribution in [0.3, 0.4) is 0 Å². The zero-order valence-corrected chi connectivity index (χ0v) is 14.3. The fraction of sp³-hybridized carbons (Fsp3) is 0.636. The number of hydrogen-bond donors (Lipinski definition) is 4. The maximum absolute atomic E-state index is 12.1. The van der Waals surface area contributed by atoms with Crippen molar-refractivity contribution in [1.29, 1.82) is 0 Å². The van der Waals surface area contributed by atoms with E-state index in [-0.39, 0.29) is 18.0 Å².